The Morgan fingerprint density at radius 2 is 1.87 bits per heavy atom. The first-order valence-electron chi connectivity index (χ1n) is 8.94. The molecule has 2 N–H and O–H groups in total. The van der Waals surface area contributed by atoms with E-state index < -0.39 is 0 Å². The van der Waals surface area contributed by atoms with Gasteiger partial charge in [-0.2, -0.15) is 10.1 Å². The predicted octanol–water partition coefficient (Wildman–Crippen LogP) is 2.56. The molecule has 0 fully saturated rings. The molecule has 154 valence electrons. The number of fused-ring (bicyclic) bond motifs is 2. The summed E-state index contributed by atoms with van der Waals surface area (Å²) in [5.41, 5.74) is 4.36. The van der Waals surface area contributed by atoms with Gasteiger partial charge in [0.2, 0.25) is 5.75 Å². The highest BCUT2D eigenvalue weighted by atomic mass is 16.5. The summed E-state index contributed by atoms with van der Waals surface area (Å²) in [5, 5.41) is 15.6. The summed E-state index contributed by atoms with van der Waals surface area (Å²) in [4.78, 5) is 10.7. The molecule has 2 aromatic heterocycles. The number of nitrogens with zero attached hydrogens (tertiary/aromatic N) is 6. The number of hydrogen-bond donors (Lipinski definition) is 2. The molecule has 0 spiro atoms. The number of rotatable bonds is 6. The number of nitrogens with one attached hydrogen (secondary N) is 2. The molecule has 0 atom stereocenters. The molecule has 3 heterocycles. The molecule has 0 amide bonds. The second-order valence-corrected chi connectivity index (χ2v) is 6.16. The van der Waals surface area contributed by atoms with Crippen LogP contribution in [0.1, 0.15) is 5.56 Å². The molecule has 30 heavy (non-hydrogen) atoms. The monoisotopic (exact) mass is 408 g/mol. The van der Waals surface area contributed by atoms with Crippen LogP contribution in [0.2, 0.25) is 0 Å². The summed E-state index contributed by atoms with van der Waals surface area (Å²) in [6, 6.07) is 7.37. The van der Waals surface area contributed by atoms with Gasteiger partial charge in [0, 0.05) is 18.8 Å². The molecule has 0 aliphatic carbocycles. The maximum absolute atomic E-state index is 5.45. The van der Waals surface area contributed by atoms with Crippen LogP contribution in [0.3, 0.4) is 0 Å². The van der Waals surface area contributed by atoms with Crippen LogP contribution >= 0.6 is 0 Å². The Bertz CT molecular complexity index is 1110. The first-order chi connectivity index (χ1) is 14.7. The maximum Gasteiger partial charge on any atom is 0.265 e. The lowest BCUT2D eigenvalue weighted by atomic mass is 10.2. The van der Waals surface area contributed by atoms with Gasteiger partial charge >= 0.3 is 0 Å². The number of aromatic nitrogens is 4. The summed E-state index contributed by atoms with van der Waals surface area (Å²) in [7, 11) is 6.54. The van der Waals surface area contributed by atoms with Crippen molar-refractivity contribution in [3.8, 4) is 17.2 Å². The second-order valence-electron chi connectivity index (χ2n) is 6.16. The van der Waals surface area contributed by atoms with Crippen molar-refractivity contribution in [2.45, 2.75) is 0 Å². The summed E-state index contributed by atoms with van der Waals surface area (Å²) >= 11 is 0. The molecule has 11 heteroatoms. The van der Waals surface area contributed by atoms with Crippen LogP contribution in [0.25, 0.3) is 0 Å². The maximum atomic E-state index is 5.45. The van der Waals surface area contributed by atoms with Crippen molar-refractivity contribution in [3.05, 3.63) is 36.0 Å². The van der Waals surface area contributed by atoms with Crippen molar-refractivity contribution in [2.75, 3.05) is 44.0 Å². The van der Waals surface area contributed by atoms with Crippen molar-refractivity contribution in [1.29, 1.82) is 0 Å². The number of pyridine rings is 1. The topological polar surface area (TPSA) is 119 Å². The molecule has 3 aromatic rings. The van der Waals surface area contributed by atoms with Crippen molar-refractivity contribution < 1.29 is 14.2 Å². The van der Waals surface area contributed by atoms with Gasteiger partial charge in [0.25, 0.3) is 5.95 Å². The zero-order valence-electron chi connectivity index (χ0n) is 16.9. The lowest BCUT2D eigenvalue weighted by molar-refractivity contribution is 0.324. The Morgan fingerprint density at radius 1 is 1.03 bits per heavy atom. The predicted molar refractivity (Wildman–Crippen MR) is 113 cm³/mol. The zero-order chi connectivity index (χ0) is 21.1. The average molecular weight is 408 g/mol. The van der Waals surface area contributed by atoms with E-state index in [9.17, 15) is 0 Å². The van der Waals surface area contributed by atoms with Crippen LogP contribution < -0.4 is 29.9 Å². The zero-order valence-corrected chi connectivity index (χ0v) is 16.9. The van der Waals surface area contributed by atoms with E-state index in [0.29, 0.717) is 40.3 Å². The fourth-order valence-corrected chi connectivity index (χ4v) is 3.06. The van der Waals surface area contributed by atoms with Gasteiger partial charge in [-0.1, -0.05) is 0 Å². The van der Waals surface area contributed by atoms with Crippen LogP contribution in [-0.2, 0) is 0 Å². The molecule has 1 aliphatic rings. The SMILES string of the molecule is COc1ccc(C=NNc2nnc3c(n2)N(C)c2cccnc2N3)c(OC)c1OC. The van der Waals surface area contributed by atoms with Gasteiger partial charge in [-0.25, -0.2) is 10.4 Å². The Balaban J connectivity index is 1.56. The third kappa shape index (κ3) is 3.36. The Labute approximate surface area is 172 Å². The Morgan fingerprint density at radius 3 is 2.63 bits per heavy atom. The minimum absolute atomic E-state index is 0.241. The fraction of sp³-hybridized carbons (Fsp3) is 0.211. The Kier molecular flexibility index (Phi) is 5.16. The number of benzene rings is 1. The summed E-state index contributed by atoms with van der Waals surface area (Å²) in [6.45, 7) is 0. The van der Waals surface area contributed by atoms with E-state index in [2.05, 4.69) is 36.0 Å². The van der Waals surface area contributed by atoms with Gasteiger partial charge in [-0.3, -0.25) is 0 Å². The number of methoxy groups -OCH3 is 3. The molecule has 1 aliphatic heterocycles. The van der Waals surface area contributed by atoms with Crippen LogP contribution in [0.15, 0.2) is 35.6 Å². The van der Waals surface area contributed by atoms with Crippen LogP contribution in [0.5, 0.6) is 17.2 Å². The van der Waals surface area contributed by atoms with Gasteiger partial charge < -0.3 is 24.4 Å². The number of anilines is 5. The highest BCUT2D eigenvalue weighted by Gasteiger charge is 2.23. The molecule has 11 nitrogen and oxygen atoms in total. The van der Waals surface area contributed by atoms with Gasteiger partial charge in [0.05, 0.1) is 33.2 Å². The van der Waals surface area contributed by atoms with Crippen molar-refractivity contribution >= 4 is 35.3 Å². The van der Waals surface area contributed by atoms with E-state index in [1.54, 1.807) is 45.9 Å². The van der Waals surface area contributed by atoms with Gasteiger partial charge in [-0.05, 0) is 24.3 Å². The van der Waals surface area contributed by atoms with E-state index in [-0.39, 0.29) is 5.95 Å². The van der Waals surface area contributed by atoms with Crippen LogP contribution in [-0.4, -0.2) is 54.8 Å². The van der Waals surface area contributed by atoms with E-state index in [1.165, 1.54) is 0 Å². The summed E-state index contributed by atoms with van der Waals surface area (Å²) in [5.74, 6) is 3.60. The first-order valence-corrected chi connectivity index (χ1v) is 8.94. The van der Waals surface area contributed by atoms with Gasteiger partial charge in [-0.15, -0.1) is 10.2 Å². The summed E-state index contributed by atoms with van der Waals surface area (Å²) in [6.07, 6.45) is 3.28. The molecule has 1 aromatic carbocycles. The van der Waals surface area contributed by atoms with Crippen LogP contribution in [0, 0.1) is 0 Å². The molecular formula is C19H20N8O3. The molecule has 4 rings (SSSR count). The van der Waals surface area contributed by atoms with E-state index in [4.69, 9.17) is 14.2 Å². The molecule has 0 saturated heterocycles. The molecule has 0 unspecified atom stereocenters. The molecular weight excluding hydrogens is 388 g/mol. The number of hydrogen-bond acceptors (Lipinski definition) is 11. The second kappa shape index (κ2) is 8.07. The van der Waals surface area contributed by atoms with Crippen LogP contribution in [0.4, 0.5) is 29.1 Å². The van der Waals surface area contributed by atoms with E-state index in [1.807, 2.05) is 24.1 Å². The smallest absolute Gasteiger partial charge is 0.265 e. The normalized spacial score (nSPS) is 12.1. The number of ether oxygens (including phenoxy) is 3. The van der Waals surface area contributed by atoms with Crippen molar-refractivity contribution in [1.82, 2.24) is 20.2 Å². The summed E-state index contributed by atoms with van der Waals surface area (Å²) < 4.78 is 16.1. The standard InChI is InChI=1S/C19H20N8O3/c1-27-12-6-5-9-20-16(12)22-17-18(27)23-19(26-24-17)25-21-10-11-7-8-13(28-2)15(30-4)14(11)29-3/h5-10H,1-4H3,(H,20,22,24)(H,23,25,26). The largest absolute Gasteiger partial charge is 0.493 e. The van der Waals surface area contributed by atoms with E-state index >= 15 is 0 Å². The molecule has 0 saturated carbocycles. The lowest BCUT2D eigenvalue weighted by Gasteiger charge is -2.27. The quantitative estimate of drug-likeness (QED) is 0.465. The average Bonchev–Trinajstić information content (AvgIpc) is 2.79. The Hall–Kier alpha value is -4.15. The van der Waals surface area contributed by atoms with Crippen molar-refractivity contribution in [2.24, 2.45) is 5.10 Å². The third-order valence-electron chi connectivity index (χ3n) is 4.47. The first kappa shape index (κ1) is 19.2. The highest BCUT2D eigenvalue weighted by Crippen LogP contribution is 2.40. The van der Waals surface area contributed by atoms with Crippen molar-refractivity contribution in [3.63, 3.8) is 0 Å². The minimum atomic E-state index is 0.241. The molecule has 0 bridgehead atoms. The van der Waals surface area contributed by atoms with Gasteiger partial charge in [0.15, 0.2) is 29.0 Å². The fourth-order valence-electron chi connectivity index (χ4n) is 3.06. The van der Waals surface area contributed by atoms with Gasteiger partial charge in [0.1, 0.15) is 0 Å². The molecule has 0 radical (unpaired) electrons. The van der Waals surface area contributed by atoms with E-state index in [0.717, 1.165) is 5.69 Å². The number of hydrazone groups is 1. The lowest BCUT2D eigenvalue weighted by Crippen LogP contribution is -2.21. The minimum Gasteiger partial charge on any atom is -0.493 e. The highest BCUT2D eigenvalue weighted by molar-refractivity contribution is 5.87. The third-order valence-corrected chi connectivity index (χ3v) is 4.47.